The molecule has 2 aromatic rings. The van der Waals surface area contributed by atoms with Crippen molar-refractivity contribution in [3.63, 3.8) is 0 Å². The van der Waals surface area contributed by atoms with Crippen molar-refractivity contribution in [2.45, 2.75) is 13.8 Å². The van der Waals surface area contributed by atoms with Crippen molar-refractivity contribution in [1.29, 1.82) is 0 Å². The van der Waals surface area contributed by atoms with Crippen molar-refractivity contribution in [1.82, 2.24) is 0 Å². The fraction of sp³-hybridized carbons (Fsp3) is 0.208. The maximum atomic E-state index is 12.8. The molecule has 3 rings (SSSR count). The third-order valence-corrected chi connectivity index (χ3v) is 6.67. The number of halogens is 2. The number of aliphatic hydroxyl groups excluding tert-OH is 1. The first-order valence-corrected chi connectivity index (χ1v) is 12.5. The van der Waals surface area contributed by atoms with E-state index in [9.17, 15) is 14.7 Å². The van der Waals surface area contributed by atoms with Gasteiger partial charge in [0.2, 0.25) is 0 Å². The quantitative estimate of drug-likeness (QED) is 0.300. The zero-order chi connectivity index (χ0) is 24.8. The molecule has 7 nitrogen and oxygen atoms in total. The fourth-order valence-corrected chi connectivity index (χ4v) is 5.05. The van der Waals surface area contributed by atoms with Crippen LogP contribution in [-0.4, -0.2) is 42.4 Å². The van der Waals surface area contributed by atoms with E-state index in [4.69, 9.17) is 25.8 Å². The molecule has 0 fully saturated rings. The van der Waals surface area contributed by atoms with Gasteiger partial charge in [0.15, 0.2) is 11.5 Å². The summed E-state index contributed by atoms with van der Waals surface area (Å²) in [6.45, 7) is 4.10. The molecule has 0 atom stereocenters. The van der Waals surface area contributed by atoms with Gasteiger partial charge in [-0.15, -0.1) is 0 Å². The van der Waals surface area contributed by atoms with Gasteiger partial charge in [-0.05, 0) is 72.3 Å². The first-order valence-electron chi connectivity index (χ1n) is 10.2. The highest BCUT2D eigenvalue weighted by Crippen LogP contribution is 2.41. The van der Waals surface area contributed by atoms with Gasteiger partial charge in [0, 0.05) is 0 Å². The average Bonchev–Trinajstić information content (AvgIpc) is 3.10. The van der Waals surface area contributed by atoms with Crippen LogP contribution in [-0.2, 0) is 9.53 Å². The molecular formula is C24H21ClINO6S. The zero-order valence-electron chi connectivity index (χ0n) is 18.6. The molecule has 0 aliphatic carbocycles. The van der Waals surface area contributed by atoms with Gasteiger partial charge in [-0.1, -0.05) is 35.5 Å². The summed E-state index contributed by atoms with van der Waals surface area (Å²) in [7, 11) is 1.54. The highest BCUT2D eigenvalue weighted by Gasteiger charge is 2.34. The van der Waals surface area contributed by atoms with Crippen molar-refractivity contribution >= 4 is 68.9 Å². The summed E-state index contributed by atoms with van der Waals surface area (Å²) in [4.78, 5) is 29.7. The van der Waals surface area contributed by atoms with Crippen LogP contribution in [0.15, 0.2) is 57.6 Å². The Hall–Kier alpha value is -2.50. The van der Waals surface area contributed by atoms with Gasteiger partial charge in [-0.25, -0.2) is 9.79 Å². The van der Waals surface area contributed by atoms with Gasteiger partial charge in [-0.3, -0.25) is 4.79 Å². The largest absolute Gasteiger partial charge is 0.506 e. The number of hydrogen-bond donors (Lipinski definition) is 1. The van der Waals surface area contributed by atoms with Gasteiger partial charge in [-0.2, -0.15) is 0 Å². The Kier molecular flexibility index (Phi) is 9.03. The van der Waals surface area contributed by atoms with Crippen LogP contribution < -0.4 is 9.47 Å². The number of nitrogens with zero attached hydrogens (tertiary/aromatic N) is 1. The highest BCUT2D eigenvalue weighted by molar-refractivity contribution is 14.1. The predicted octanol–water partition coefficient (Wildman–Crippen LogP) is 6.05. The maximum absolute atomic E-state index is 12.8. The van der Waals surface area contributed by atoms with Crippen LogP contribution in [0.5, 0.6) is 11.5 Å². The molecule has 1 aliphatic rings. The number of ether oxygens (including phenoxy) is 3. The van der Waals surface area contributed by atoms with Crippen LogP contribution >= 0.6 is 46.0 Å². The number of carbonyl (C=O) groups excluding carboxylic acids is 2. The monoisotopic (exact) mass is 613 g/mol. The van der Waals surface area contributed by atoms with E-state index in [-0.39, 0.29) is 33.6 Å². The molecule has 0 saturated heterocycles. The molecule has 1 N–H and O–H groups in total. The topological polar surface area (TPSA) is 94.4 Å². The second-order valence-corrected chi connectivity index (χ2v) is 9.32. The molecule has 1 aliphatic heterocycles. The Balaban J connectivity index is 2.06. The average molecular weight is 614 g/mol. The molecular weight excluding hydrogens is 593 g/mol. The summed E-state index contributed by atoms with van der Waals surface area (Å²) in [6.07, 6.45) is 1.67. The van der Waals surface area contributed by atoms with E-state index in [0.29, 0.717) is 28.6 Å². The van der Waals surface area contributed by atoms with Gasteiger partial charge < -0.3 is 19.3 Å². The van der Waals surface area contributed by atoms with Gasteiger partial charge in [0.25, 0.3) is 5.91 Å². The fourth-order valence-electron chi connectivity index (χ4n) is 3.04. The molecule has 34 heavy (non-hydrogen) atoms. The minimum absolute atomic E-state index is 0.0275. The molecule has 10 heteroatoms. The summed E-state index contributed by atoms with van der Waals surface area (Å²) < 4.78 is 17.0. The van der Waals surface area contributed by atoms with Crippen LogP contribution in [0.3, 0.4) is 0 Å². The summed E-state index contributed by atoms with van der Waals surface area (Å²) >= 11 is 9.23. The summed E-state index contributed by atoms with van der Waals surface area (Å²) in [6, 6.07) is 10.1. The molecule has 178 valence electrons. The molecule has 1 amide bonds. The lowest BCUT2D eigenvalue weighted by Gasteiger charge is -2.12. The second-order valence-electron chi connectivity index (χ2n) is 6.72. The Morgan fingerprint density at radius 2 is 1.94 bits per heavy atom. The van der Waals surface area contributed by atoms with Gasteiger partial charge >= 0.3 is 5.97 Å². The van der Waals surface area contributed by atoms with E-state index in [1.54, 1.807) is 37.3 Å². The lowest BCUT2D eigenvalue weighted by atomic mass is 10.1. The number of aliphatic imine (C=N–C) groups is 1. The van der Waals surface area contributed by atoms with E-state index < -0.39 is 11.9 Å². The van der Waals surface area contributed by atoms with E-state index >= 15 is 0 Å². The number of esters is 1. The molecule has 0 unspecified atom stereocenters. The van der Waals surface area contributed by atoms with Crippen molar-refractivity contribution < 1.29 is 28.9 Å². The highest BCUT2D eigenvalue weighted by atomic mass is 127. The number of hydrogen-bond acceptors (Lipinski definition) is 7. The normalized spacial score (nSPS) is 15.7. The number of rotatable bonds is 7. The van der Waals surface area contributed by atoms with Gasteiger partial charge in [0.05, 0.1) is 39.4 Å². The third kappa shape index (κ3) is 5.76. The summed E-state index contributed by atoms with van der Waals surface area (Å²) in [5.41, 5.74) is 0.704. The maximum Gasteiger partial charge on any atom is 0.344 e. The first-order chi connectivity index (χ1) is 16.3. The summed E-state index contributed by atoms with van der Waals surface area (Å²) in [5, 5.41) is 11.1. The Morgan fingerprint density at radius 1 is 1.21 bits per heavy atom. The van der Waals surface area contributed by atoms with E-state index in [0.717, 1.165) is 15.3 Å². The lowest BCUT2D eigenvalue weighted by molar-refractivity contribution is -0.138. The number of benzene rings is 2. The number of aliphatic hydroxyl groups is 1. The van der Waals surface area contributed by atoms with Crippen molar-refractivity contribution in [2.24, 2.45) is 4.99 Å². The molecule has 0 bridgehead atoms. The predicted molar refractivity (Wildman–Crippen MR) is 142 cm³/mol. The number of thioether (sulfide) groups is 1. The summed E-state index contributed by atoms with van der Waals surface area (Å²) in [5.74, 6) is -0.592. The van der Waals surface area contributed by atoms with E-state index in [1.165, 1.54) is 13.2 Å². The van der Waals surface area contributed by atoms with Crippen molar-refractivity contribution in [2.75, 3.05) is 20.3 Å². The molecule has 2 aromatic carbocycles. The lowest BCUT2D eigenvalue weighted by Crippen LogP contribution is -2.14. The van der Waals surface area contributed by atoms with Crippen LogP contribution in [0.25, 0.3) is 6.08 Å². The molecule has 0 radical (unpaired) electrons. The zero-order valence-corrected chi connectivity index (χ0v) is 22.3. The minimum atomic E-state index is -0.777. The van der Waals surface area contributed by atoms with Crippen LogP contribution in [0.1, 0.15) is 29.8 Å². The SMILES string of the molecule is CCOC(=O)C1=C(O)/C(=C/c2cc(I)c(OCC)c(OC)c2)SC1=NC(=O)c1ccccc1Cl. The number of amides is 1. The number of carbonyl (C=O) groups is 2. The molecule has 0 aromatic heterocycles. The third-order valence-electron chi connectivity index (χ3n) is 4.52. The molecule has 0 saturated carbocycles. The Morgan fingerprint density at radius 3 is 2.59 bits per heavy atom. The van der Waals surface area contributed by atoms with E-state index in [1.807, 2.05) is 13.0 Å². The molecule has 1 heterocycles. The minimum Gasteiger partial charge on any atom is -0.506 e. The Bertz CT molecular complexity index is 1220. The van der Waals surface area contributed by atoms with Crippen LogP contribution in [0.4, 0.5) is 0 Å². The standard InChI is InChI=1S/C24H21ClINO6S/c1-4-32-21-16(26)10-13(11-17(21)31-3)12-18-20(28)19(24(30)33-5-2)23(34-18)27-22(29)14-8-6-7-9-15(14)25/h6-12,28H,4-5H2,1-3H3/b18-12-,27-23?. The smallest absolute Gasteiger partial charge is 0.344 e. The number of methoxy groups -OCH3 is 1. The van der Waals surface area contributed by atoms with Crippen molar-refractivity contribution in [3.05, 3.63) is 72.4 Å². The van der Waals surface area contributed by atoms with Gasteiger partial charge in [0.1, 0.15) is 16.4 Å². The Labute approximate surface area is 220 Å². The van der Waals surface area contributed by atoms with Crippen LogP contribution in [0, 0.1) is 3.57 Å². The first kappa shape index (κ1) is 26.1. The van der Waals surface area contributed by atoms with E-state index in [2.05, 4.69) is 27.6 Å². The molecule has 0 spiro atoms. The second kappa shape index (κ2) is 11.8. The van der Waals surface area contributed by atoms with Crippen LogP contribution in [0.2, 0.25) is 5.02 Å². The van der Waals surface area contributed by atoms with Crippen molar-refractivity contribution in [3.8, 4) is 11.5 Å².